The second kappa shape index (κ2) is 8.26. The first-order valence-electron chi connectivity index (χ1n) is 13.6. The van der Waals surface area contributed by atoms with Gasteiger partial charge in [0.05, 0.1) is 12.7 Å². The van der Waals surface area contributed by atoms with Crippen molar-refractivity contribution >= 4 is 0 Å². The summed E-state index contributed by atoms with van der Waals surface area (Å²) in [5.74, 6) is 2.16. The smallest absolute Gasteiger partial charge is 0.0639 e. The molecule has 0 saturated heterocycles. The molecule has 4 rings (SSSR count). The Morgan fingerprint density at radius 3 is 2.41 bits per heavy atom. The monoisotopic (exact) mass is 442 g/mol. The molecule has 0 amide bonds. The molecule has 4 aliphatic carbocycles. The SMILES string of the molecule is CC(=CCCC(C)C1CCC2(C)C3=C(CCC12C)C1(C)CCC(O)C(C)(C)C1CC3)CO. The van der Waals surface area contributed by atoms with Gasteiger partial charge in [-0.15, -0.1) is 0 Å². The van der Waals surface area contributed by atoms with Gasteiger partial charge in [-0.1, -0.05) is 64.3 Å². The van der Waals surface area contributed by atoms with E-state index in [9.17, 15) is 10.2 Å². The van der Waals surface area contributed by atoms with Gasteiger partial charge in [0.2, 0.25) is 0 Å². The summed E-state index contributed by atoms with van der Waals surface area (Å²) in [6.45, 7) is 17.2. The standard InChI is InChI=1S/C30H50O2/c1-20(19-31)9-8-10-21(2)22-13-17-30(7)24-11-12-25-27(3,4)26(32)15-16-28(25,5)23(24)14-18-29(22,30)6/h9,21-22,25-26,31-32H,8,10-19H2,1-7H3. The molecule has 182 valence electrons. The lowest BCUT2D eigenvalue weighted by molar-refractivity contribution is -0.0962. The van der Waals surface area contributed by atoms with Crippen molar-refractivity contribution in [2.45, 2.75) is 119 Å². The van der Waals surface area contributed by atoms with Crippen LogP contribution in [0.2, 0.25) is 0 Å². The Kier molecular flexibility index (Phi) is 6.33. The molecular weight excluding hydrogens is 392 g/mol. The van der Waals surface area contributed by atoms with Crippen molar-refractivity contribution in [3.63, 3.8) is 0 Å². The molecule has 2 nitrogen and oxygen atoms in total. The van der Waals surface area contributed by atoms with Gasteiger partial charge >= 0.3 is 0 Å². The van der Waals surface area contributed by atoms with Crippen LogP contribution in [-0.4, -0.2) is 22.9 Å². The Bertz CT molecular complexity index is 791. The van der Waals surface area contributed by atoms with Crippen molar-refractivity contribution in [1.29, 1.82) is 0 Å². The van der Waals surface area contributed by atoms with Crippen molar-refractivity contribution in [2.24, 2.45) is 39.4 Å². The molecule has 4 aliphatic rings. The molecule has 0 aromatic heterocycles. The molecule has 0 spiro atoms. The highest BCUT2D eigenvalue weighted by molar-refractivity contribution is 5.38. The maximum Gasteiger partial charge on any atom is 0.0639 e. The predicted molar refractivity (Wildman–Crippen MR) is 134 cm³/mol. The Hall–Kier alpha value is -0.600. The summed E-state index contributed by atoms with van der Waals surface area (Å²) in [7, 11) is 0. The third-order valence-corrected chi connectivity index (χ3v) is 11.8. The number of aliphatic hydroxyl groups is 2. The first-order valence-corrected chi connectivity index (χ1v) is 13.6. The van der Waals surface area contributed by atoms with Gasteiger partial charge in [0.25, 0.3) is 0 Å². The molecule has 2 saturated carbocycles. The summed E-state index contributed by atoms with van der Waals surface area (Å²) >= 11 is 0. The minimum atomic E-state index is -0.146. The quantitative estimate of drug-likeness (QED) is 0.434. The fraction of sp³-hybridized carbons (Fsp3) is 0.867. The van der Waals surface area contributed by atoms with E-state index in [4.69, 9.17) is 0 Å². The summed E-state index contributed by atoms with van der Waals surface area (Å²) < 4.78 is 0. The number of rotatable bonds is 5. The Balaban J connectivity index is 1.62. The van der Waals surface area contributed by atoms with E-state index in [2.05, 4.69) is 47.6 Å². The lowest BCUT2D eigenvalue weighted by atomic mass is 9.43. The Labute approximate surface area is 198 Å². The van der Waals surface area contributed by atoms with Crippen LogP contribution >= 0.6 is 0 Å². The molecule has 0 heterocycles. The van der Waals surface area contributed by atoms with Gasteiger partial charge in [-0.2, -0.15) is 0 Å². The zero-order chi connectivity index (χ0) is 23.5. The van der Waals surface area contributed by atoms with Crippen molar-refractivity contribution < 1.29 is 10.2 Å². The van der Waals surface area contributed by atoms with Crippen LogP contribution in [0.15, 0.2) is 22.8 Å². The van der Waals surface area contributed by atoms with Gasteiger partial charge in [0, 0.05) is 0 Å². The molecule has 0 aromatic carbocycles. The first kappa shape index (κ1) is 24.5. The van der Waals surface area contributed by atoms with E-state index in [1.807, 2.05) is 18.1 Å². The highest BCUT2D eigenvalue weighted by Gasteiger charge is 2.63. The van der Waals surface area contributed by atoms with Gasteiger partial charge in [-0.05, 0) is 111 Å². The van der Waals surface area contributed by atoms with Crippen LogP contribution in [0.1, 0.15) is 113 Å². The molecule has 2 N–H and O–H groups in total. The zero-order valence-corrected chi connectivity index (χ0v) is 22.1. The molecule has 7 unspecified atom stereocenters. The molecule has 0 aliphatic heterocycles. The Morgan fingerprint density at radius 2 is 1.72 bits per heavy atom. The predicted octanol–water partition coefficient (Wildman–Crippen LogP) is 7.45. The van der Waals surface area contributed by atoms with Crippen molar-refractivity contribution in [1.82, 2.24) is 0 Å². The van der Waals surface area contributed by atoms with Gasteiger partial charge < -0.3 is 10.2 Å². The van der Waals surface area contributed by atoms with Crippen LogP contribution < -0.4 is 0 Å². The maximum atomic E-state index is 10.8. The lowest BCUT2D eigenvalue weighted by Gasteiger charge is -2.62. The third-order valence-electron chi connectivity index (χ3n) is 11.8. The van der Waals surface area contributed by atoms with Crippen molar-refractivity contribution in [3.8, 4) is 0 Å². The van der Waals surface area contributed by atoms with E-state index in [1.54, 1.807) is 0 Å². The fourth-order valence-electron chi connectivity index (χ4n) is 9.49. The average Bonchev–Trinajstić information content (AvgIpc) is 3.02. The van der Waals surface area contributed by atoms with Crippen LogP contribution in [0.25, 0.3) is 0 Å². The summed E-state index contributed by atoms with van der Waals surface area (Å²) in [5.41, 5.74) is 5.86. The number of fused-ring (bicyclic) bond motifs is 4. The van der Waals surface area contributed by atoms with Crippen LogP contribution in [-0.2, 0) is 0 Å². The maximum absolute atomic E-state index is 10.8. The molecule has 2 heteroatoms. The van der Waals surface area contributed by atoms with E-state index in [0.29, 0.717) is 16.7 Å². The lowest BCUT2D eigenvalue weighted by Crippen LogP contribution is -2.55. The fourth-order valence-corrected chi connectivity index (χ4v) is 9.49. The first-order chi connectivity index (χ1) is 14.9. The summed E-state index contributed by atoms with van der Waals surface area (Å²) in [5, 5.41) is 20.1. The van der Waals surface area contributed by atoms with Crippen molar-refractivity contribution in [3.05, 3.63) is 22.8 Å². The number of aliphatic hydroxyl groups excluding tert-OH is 2. The second-order valence-corrected chi connectivity index (χ2v) is 13.5. The number of hydrogen-bond acceptors (Lipinski definition) is 2. The zero-order valence-electron chi connectivity index (χ0n) is 22.1. The van der Waals surface area contributed by atoms with Crippen LogP contribution in [0.3, 0.4) is 0 Å². The van der Waals surface area contributed by atoms with E-state index in [0.717, 1.165) is 30.3 Å². The minimum Gasteiger partial charge on any atom is -0.393 e. The number of hydrogen-bond donors (Lipinski definition) is 2. The topological polar surface area (TPSA) is 40.5 Å². The number of allylic oxidation sites excluding steroid dienone is 3. The largest absolute Gasteiger partial charge is 0.393 e. The highest BCUT2D eigenvalue weighted by atomic mass is 16.3. The van der Waals surface area contributed by atoms with Gasteiger partial charge in [0.15, 0.2) is 0 Å². The van der Waals surface area contributed by atoms with Crippen LogP contribution in [0.5, 0.6) is 0 Å². The average molecular weight is 443 g/mol. The molecule has 0 bridgehead atoms. The van der Waals surface area contributed by atoms with E-state index < -0.39 is 0 Å². The van der Waals surface area contributed by atoms with E-state index >= 15 is 0 Å². The highest BCUT2D eigenvalue weighted by Crippen LogP contribution is 2.72. The van der Waals surface area contributed by atoms with E-state index in [1.165, 1.54) is 51.4 Å². The van der Waals surface area contributed by atoms with Gasteiger partial charge in [-0.3, -0.25) is 0 Å². The van der Waals surface area contributed by atoms with Crippen molar-refractivity contribution in [2.75, 3.05) is 6.61 Å². The minimum absolute atomic E-state index is 0.0279. The second-order valence-electron chi connectivity index (χ2n) is 13.5. The third kappa shape index (κ3) is 3.41. The summed E-state index contributed by atoms with van der Waals surface area (Å²) in [6, 6.07) is 0. The van der Waals surface area contributed by atoms with E-state index in [-0.39, 0.29) is 23.5 Å². The molecule has 7 atom stereocenters. The normalized spacial score (nSPS) is 44.7. The molecule has 32 heavy (non-hydrogen) atoms. The molecular formula is C30H50O2. The van der Waals surface area contributed by atoms with Crippen LogP contribution in [0, 0.1) is 39.4 Å². The molecule has 2 fully saturated rings. The Morgan fingerprint density at radius 1 is 1.00 bits per heavy atom. The summed E-state index contributed by atoms with van der Waals surface area (Å²) in [4.78, 5) is 0. The van der Waals surface area contributed by atoms with Gasteiger partial charge in [-0.25, -0.2) is 0 Å². The molecule has 0 radical (unpaired) electrons. The van der Waals surface area contributed by atoms with Crippen LogP contribution in [0.4, 0.5) is 0 Å². The molecule has 0 aromatic rings. The summed E-state index contributed by atoms with van der Waals surface area (Å²) in [6.07, 6.45) is 14.5. The van der Waals surface area contributed by atoms with Gasteiger partial charge in [0.1, 0.15) is 0 Å².